The van der Waals surface area contributed by atoms with Gasteiger partial charge in [0.15, 0.2) is 0 Å². The van der Waals surface area contributed by atoms with Gasteiger partial charge in [-0.05, 0) is 32.5 Å². The van der Waals surface area contributed by atoms with Gasteiger partial charge in [0, 0.05) is 31.7 Å². The Labute approximate surface area is 123 Å². The molecule has 4 heteroatoms. The number of piperazine rings is 1. The maximum atomic E-state index is 6.02. The maximum absolute atomic E-state index is 6.02. The van der Waals surface area contributed by atoms with E-state index in [-0.39, 0.29) is 0 Å². The SMILES string of the molecule is Cc1cc(CN2CCN(C)CC2C)oc1CNC(C)C. The Morgan fingerprint density at radius 2 is 2.15 bits per heavy atom. The second kappa shape index (κ2) is 6.74. The van der Waals surface area contributed by atoms with Crippen LogP contribution in [0.3, 0.4) is 0 Å². The van der Waals surface area contributed by atoms with Crippen LogP contribution in [0.1, 0.15) is 37.9 Å². The predicted molar refractivity (Wildman–Crippen MR) is 82.8 cm³/mol. The summed E-state index contributed by atoms with van der Waals surface area (Å²) in [6.07, 6.45) is 0. The third-order valence-corrected chi connectivity index (χ3v) is 4.07. The Bertz CT molecular complexity index is 427. The van der Waals surface area contributed by atoms with Crippen molar-refractivity contribution in [3.63, 3.8) is 0 Å². The number of hydrogen-bond donors (Lipinski definition) is 1. The van der Waals surface area contributed by atoms with E-state index in [0.29, 0.717) is 12.1 Å². The van der Waals surface area contributed by atoms with Crippen LogP contribution in [0, 0.1) is 6.92 Å². The molecule has 1 aliphatic rings. The highest BCUT2D eigenvalue weighted by atomic mass is 16.3. The maximum Gasteiger partial charge on any atom is 0.120 e. The van der Waals surface area contributed by atoms with Crippen LogP contribution in [0.15, 0.2) is 10.5 Å². The highest BCUT2D eigenvalue weighted by molar-refractivity contribution is 5.20. The average Bonchev–Trinajstić information content (AvgIpc) is 2.71. The zero-order valence-electron chi connectivity index (χ0n) is 13.6. The van der Waals surface area contributed by atoms with Crippen molar-refractivity contribution in [2.24, 2.45) is 0 Å². The minimum atomic E-state index is 0.487. The first kappa shape index (κ1) is 15.5. The summed E-state index contributed by atoms with van der Waals surface area (Å²) in [5.41, 5.74) is 1.26. The summed E-state index contributed by atoms with van der Waals surface area (Å²) < 4.78 is 6.02. The van der Waals surface area contributed by atoms with E-state index < -0.39 is 0 Å². The fraction of sp³-hybridized carbons (Fsp3) is 0.750. The summed E-state index contributed by atoms with van der Waals surface area (Å²) in [5, 5.41) is 3.42. The van der Waals surface area contributed by atoms with Crippen molar-refractivity contribution in [1.82, 2.24) is 15.1 Å². The highest BCUT2D eigenvalue weighted by Crippen LogP contribution is 2.19. The van der Waals surface area contributed by atoms with E-state index >= 15 is 0 Å². The fourth-order valence-electron chi connectivity index (χ4n) is 2.75. The van der Waals surface area contributed by atoms with Crippen LogP contribution < -0.4 is 5.32 Å². The molecule has 0 radical (unpaired) electrons. The van der Waals surface area contributed by atoms with Crippen molar-refractivity contribution in [2.75, 3.05) is 26.7 Å². The first-order chi connectivity index (χ1) is 9.45. The van der Waals surface area contributed by atoms with Crippen LogP contribution in [-0.4, -0.2) is 48.6 Å². The molecule has 2 rings (SSSR count). The van der Waals surface area contributed by atoms with Crippen molar-refractivity contribution >= 4 is 0 Å². The van der Waals surface area contributed by atoms with Crippen molar-refractivity contribution in [3.8, 4) is 0 Å². The number of rotatable bonds is 5. The number of nitrogens with one attached hydrogen (secondary N) is 1. The molecule has 0 amide bonds. The molecule has 1 atom stereocenters. The van der Waals surface area contributed by atoms with E-state index in [4.69, 9.17) is 4.42 Å². The lowest BCUT2D eigenvalue weighted by atomic mass is 10.2. The minimum absolute atomic E-state index is 0.487. The van der Waals surface area contributed by atoms with Gasteiger partial charge in [-0.15, -0.1) is 0 Å². The second-order valence-corrected chi connectivity index (χ2v) is 6.44. The Hall–Kier alpha value is -0.840. The van der Waals surface area contributed by atoms with Gasteiger partial charge < -0.3 is 14.6 Å². The molecule has 0 spiro atoms. The standard InChI is InChI=1S/C16H29N3O/c1-12(2)17-9-16-13(3)8-15(20-16)11-19-7-6-18(5)10-14(19)4/h8,12,14,17H,6-7,9-11H2,1-5H3. The van der Waals surface area contributed by atoms with E-state index in [1.807, 2.05) is 0 Å². The third kappa shape index (κ3) is 4.08. The van der Waals surface area contributed by atoms with Crippen LogP contribution in [0.5, 0.6) is 0 Å². The smallest absolute Gasteiger partial charge is 0.120 e. The second-order valence-electron chi connectivity index (χ2n) is 6.44. The van der Waals surface area contributed by atoms with Crippen molar-refractivity contribution < 1.29 is 4.42 Å². The molecule has 4 nitrogen and oxygen atoms in total. The van der Waals surface area contributed by atoms with Gasteiger partial charge in [-0.25, -0.2) is 0 Å². The van der Waals surface area contributed by atoms with E-state index in [2.05, 4.69) is 55.9 Å². The largest absolute Gasteiger partial charge is 0.463 e. The number of aryl methyl sites for hydroxylation is 1. The summed E-state index contributed by atoms with van der Waals surface area (Å²) in [6, 6.07) is 3.28. The molecule has 20 heavy (non-hydrogen) atoms. The van der Waals surface area contributed by atoms with Gasteiger partial charge in [0.05, 0.1) is 13.1 Å². The Balaban J connectivity index is 1.94. The molecule has 0 aliphatic carbocycles. The monoisotopic (exact) mass is 279 g/mol. The zero-order chi connectivity index (χ0) is 14.7. The van der Waals surface area contributed by atoms with Gasteiger partial charge in [-0.3, -0.25) is 4.90 Å². The van der Waals surface area contributed by atoms with Crippen molar-refractivity contribution in [1.29, 1.82) is 0 Å². The van der Waals surface area contributed by atoms with Crippen LogP contribution in [0.25, 0.3) is 0 Å². The molecule has 114 valence electrons. The van der Waals surface area contributed by atoms with Crippen LogP contribution in [0.4, 0.5) is 0 Å². The summed E-state index contributed by atoms with van der Waals surface area (Å²) >= 11 is 0. The molecule has 2 heterocycles. The summed E-state index contributed by atoms with van der Waals surface area (Å²) in [5.74, 6) is 2.18. The molecule has 0 saturated carbocycles. The van der Waals surface area contributed by atoms with Gasteiger partial charge in [0.25, 0.3) is 0 Å². The number of hydrogen-bond acceptors (Lipinski definition) is 4. The topological polar surface area (TPSA) is 31.6 Å². The van der Waals surface area contributed by atoms with Gasteiger partial charge in [0.1, 0.15) is 11.5 Å². The third-order valence-electron chi connectivity index (χ3n) is 4.07. The first-order valence-electron chi connectivity index (χ1n) is 7.70. The fourth-order valence-corrected chi connectivity index (χ4v) is 2.75. The van der Waals surface area contributed by atoms with Gasteiger partial charge in [0.2, 0.25) is 0 Å². The van der Waals surface area contributed by atoms with Crippen LogP contribution in [0.2, 0.25) is 0 Å². The molecular formula is C16H29N3O. The first-order valence-corrected chi connectivity index (χ1v) is 7.70. The van der Waals surface area contributed by atoms with E-state index in [9.17, 15) is 0 Å². The van der Waals surface area contributed by atoms with Crippen LogP contribution in [-0.2, 0) is 13.1 Å². The molecule has 0 bridgehead atoms. The van der Waals surface area contributed by atoms with Gasteiger partial charge >= 0.3 is 0 Å². The lowest BCUT2D eigenvalue weighted by molar-refractivity contribution is 0.0871. The normalized spacial score (nSPS) is 21.8. The number of likely N-dealkylation sites (N-methyl/N-ethyl adjacent to an activating group) is 1. The lowest BCUT2D eigenvalue weighted by Gasteiger charge is -2.37. The zero-order valence-corrected chi connectivity index (χ0v) is 13.6. The van der Waals surface area contributed by atoms with Crippen LogP contribution >= 0.6 is 0 Å². The molecule has 0 aromatic carbocycles. The Morgan fingerprint density at radius 3 is 2.80 bits per heavy atom. The molecule has 1 N–H and O–H groups in total. The molecule has 1 aromatic heterocycles. The van der Waals surface area contributed by atoms with E-state index in [0.717, 1.165) is 44.2 Å². The lowest BCUT2D eigenvalue weighted by Crippen LogP contribution is -2.49. The van der Waals surface area contributed by atoms with Gasteiger partial charge in [-0.2, -0.15) is 0 Å². The summed E-state index contributed by atoms with van der Waals surface area (Å²) in [7, 11) is 2.20. The summed E-state index contributed by atoms with van der Waals surface area (Å²) in [4.78, 5) is 4.91. The quantitative estimate of drug-likeness (QED) is 0.895. The molecule has 1 saturated heterocycles. The molecule has 1 unspecified atom stereocenters. The predicted octanol–water partition coefficient (Wildman–Crippen LogP) is 2.22. The number of nitrogens with zero attached hydrogens (tertiary/aromatic N) is 2. The van der Waals surface area contributed by atoms with E-state index in [1.165, 1.54) is 5.56 Å². The minimum Gasteiger partial charge on any atom is -0.463 e. The molecular weight excluding hydrogens is 250 g/mol. The number of furan rings is 1. The highest BCUT2D eigenvalue weighted by Gasteiger charge is 2.22. The summed E-state index contributed by atoms with van der Waals surface area (Å²) in [6.45, 7) is 13.9. The average molecular weight is 279 g/mol. The van der Waals surface area contributed by atoms with E-state index in [1.54, 1.807) is 0 Å². The Morgan fingerprint density at radius 1 is 1.40 bits per heavy atom. The van der Waals surface area contributed by atoms with Crippen molar-refractivity contribution in [3.05, 3.63) is 23.2 Å². The molecule has 1 aromatic rings. The molecule has 1 aliphatic heterocycles. The van der Waals surface area contributed by atoms with Crippen molar-refractivity contribution in [2.45, 2.75) is 52.9 Å². The molecule has 1 fully saturated rings. The Kier molecular flexibility index (Phi) is 5.24. The van der Waals surface area contributed by atoms with Gasteiger partial charge in [-0.1, -0.05) is 13.8 Å².